The monoisotopic (exact) mass is 257 g/mol. The number of nitrogens with one attached hydrogen (secondary N) is 1. The van der Waals surface area contributed by atoms with Gasteiger partial charge < -0.3 is 10.4 Å². The summed E-state index contributed by atoms with van der Waals surface area (Å²) in [6.45, 7) is 0. The van der Waals surface area contributed by atoms with E-state index < -0.39 is 5.97 Å². The second kappa shape index (κ2) is 5.72. The van der Waals surface area contributed by atoms with Gasteiger partial charge in [0, 0.05) is 18.6 Å². The first kappa shape index (κ1) is 12.7. The van der Waals surface area contributed by atoms with E-state index in [9.17, 15) is 9.59 Å². The van der Waals surface area contributed by atoms with Gasteiger partial charge in [-0.1, -0.05) is 6.07 Å². The van der Waals surface area contributed by atoms with Gasteiger partial charge >= 0.3 is 5.97 Å². The van der Waals surface area contributed by atoms with Crippen molar-refractivity contribution >= 4 is 17.6 Å². The summed E-state index contributed by atoms with van der Waals surface area (Å²) in [4.78, 5) is 30.5. The highest BCUT2D eigenvalue weighted by Gasteiger charge is 2.12. The molecule has 0 atom stereocenters. The number of carbonyl (C=O) groups is 2. The molecule has 2 aromatic rings. The molecule has 2 rings (SSSR count). The molecule has 19 heavy (non-hydrogen) atoms. The van der Waals surface area contributed by atoms with Crippen molar-refractivity contribution < 1.29 is 14.7 Å². The number of anilines is 1. The number of hydrogen-bond donors (Lipinski definition) is 2. The molecular formula is C13H11N3O3. The minimum absolute atomic E-state index is 0.00883. The smallest absolute Gasteiger partial charge is 0.337 e. The first-order chi connectivity index (χ1) is 9.16. The average Bonchev–Trinajstić information content (AvgIpc) is 2.40. The fraction of sp³-hybridized carbons (Fsp3) is 0.0769. The van der Waals surface area contributed by atoms with Crippen molar-refractivity contribution in [1.29, 1.82) is 0 Å². The predicted molar refractivity (Wildman–Crippen MR) is 67.8 cm³/mol. The Labute approximate surface area is 109 Å². The van der Waals surface area contributed by atoms with Crippen LogP contribution in [0.25, 0.3) is 0 Å². The Balaban J connectivity index is 2.09. The molecule has 2 heterocycles. The van der Waals surface area contributed by atoms with Gasteiger partial charge in [-0.2, -0.15) is 0 Å². The van der Waals surface area contributed by atoms with E-state index in [-0.39, 0.29) is 23.6 Å². The van der Waals surface area contributed by atoms with Crippen molar-refractivity contribution in [3.05, 3.63) is 54.1 Å². The van der Waals surface area contributed by atoms with Crippen LogP contribution >= 0.6 is 0 Å². The summed E-state index contributed by atoms with van der Waals surface area (Å²) in [7, 11) is 0. The number of nitrogens with zero attached hydrogens (tertiary/aromatic N) is 2. The molecule has 0 saturated carbocycles. The molecule has 0 aliphatic carbocycles. The van der Waals surface area contributed by atoms with Crippen molar-refractivity contribution in [2.24, 2.45) is 0 Å². The summed E-state index contributed by atoms with van der Waals surface area (Å²) in [5.74, 6) is -1.43. The van der Waals surface area contributed by atoms with E-state index in [0.29, 0.717) is 0 Å². The highest BCUT2D eigenvalue weighted by molar-refractivity contribution is 6.00. The predicted octanol–water partition coefficient (Wildman–Crippen LogP) is 1.36. The molecule has 0 unspecified atom stereocenters. The Morgan fingerprint density at radius 3 is 2.63 bits per heavy atom. The maximum Gasteiger partial charge on any atom is 0.337 e. The minimum Gasteiger partial charge on any atom is -0.478 e. The summed E-state index contributed by atoms with van der Waals surface area (Å²) in [6, 6.07) is 4.84. The maximum atomic E-state index is 11.8. The van der Waals surface area contributed by atoms with Gasteiger partial charge in [-0.3, -0.25) is 14.8 Å². The topological polar surface area (TPSA) is 92.2 Å². The Bertz CT molecular complexity index is 599. The molecular weight excluding hydrogens is 246 g/mol. The molecule has 6 nitrogen and oxygen atoms in total. The zero-order valence-corrected chi connectivity index (χ0v) is 9.91. The van der Waals surface area contributed by atoms with Crippen LogP contribution in [0.2, 0.25) is 0 Å². The summed E-state index contributed by atoms with van der Waals surface area (Å²) in [5.41, 5.74) is 0.944. The van der Waals surface area contributed by atoms with Gasteiger partial charge in [-0.05, 0) is 17.7 Å². The maximum absolute atomic E-state index is 11.8. The van der Waals surface area contributed by atoms with Crippen LogP contribution in [0.3, 0.4) is 0 Å². The summed E-state index contributed by atoms with van der Waals surface area (Å²) < 4.78 is 0. The van der Waals surface area contributed by atoms with E-state index in [1.165, 1.54) is 18.5 Å². The SMILES string of the molecule is O=C(Cc1cccnc1)Nc1cnccc1C(=O)O. The molecule has 0 fully saturated rings. The van der Waals surface area contributed by atoms with Gasteiger partial charge in [0.1, 0.15) is 0 Å². The average molecular weight is 257 g/mol. The molecule has 6 heteroatoms. The fourth-order valence-electron chi connectivity index (χ4n) is 1.56. The van der Waals surface area contributed by atoms with Crippen LogP contribution in [0.15, 0.2) is 43.0 Å². The van der Waals surface area contributed by atoms with Crippen LogP contribution < -0.4 is 5.32 Å². The van der Waals surface area contributed by atoms with Crippen LogP contribution in [-0.4, -0.2) is 27.0 Å². The van der Waals surface area contributed by atoms with Crippen molar-refractivity contribution in [2.45, 2.75) is 6.42 Å². The lowest BCUT2D eigenvalue weighted by Crippen LogP contribution is -2.17. The largest absolute Gasteiger partial charge is 0.478 e. The Kier molecular flexibility index (Phi) is 3.82. The van der Waals surface area contributed by atoms with Crippen LogP contribution in [0.1, 0.15) is 15.9 Å². The zero-order chi connectivity index (χ0) is 13.7. The third-order valence-corrected chi connectivity index (χ3v) is 2.41. The number of amides is 1. The van der Waals surface area contributed by atoms with Crippen LogP contribution in [-0.2, 0) is 11.2 Å². The molecule has 0 aromatic carbocycles. The number of rotatable bonds is 4. The van der Waals surface area contributed by atoms with Crippen LogP contribution in [0, 0.1) is 0 Å². The van der Waals surface area contributed by atoms with Gasteiger partial charge in [-0.25, -0.2) is 4.79 Å². The van der Waals surface area contributed by atoms with Gasteiger partial charge in [0.25, 0.3) is 0 Å². The second-order valence-electron chi connectivity index (χ2n) is 3.81. The first-order valence-electron chi connectivity index (χ1n) is 5.53. The van der Waals surface area contributed by atoms with E-state index in [4.69, 9.17) is 5.11 Å². The number of carboxylic acid groups (broad SMARTS) is 1. The lowest BCUT2D eigenvalue weighted by atomic mass is 10.2. The molecule has 0 saturated heterocycles. The van der Waals surface area contributed by atoms with E-state index in [2.05, 4.69) is 15.3 Å². The molecule has 0 bridgehead atoms. The molecule has 0 aliphatic heterocycles. The van der Waals surface area contributed by atoms with Gasteiger partial charge in [-0.15, -0.1) is 0 Å². The van der Waals surface area contributed by atoms with Crippen LogP contribution in [0.5, 0.6) is 0 Å². The minimum atomic E-state index is -1.11. The number of hydrogen-bond acceptors (Lipinski definition) is 4. The molecule has 0 aliphatic rings. The number of aromatic carboxylic acids is 1. The number of carboxylic acids is 1. The van der Waals surface area contributed by atoms with E-state index >= 15 is 0 Å². The molecule has 0 spiro atoms. The Morgan fingerprint density at radius 1 is 1.16 bits per heavy atom. The molecule has 1 amide bonds. The molecule has 2 aromatic heterocycles. The summed E-state index contributed by atoms with van der Waals surface area (Å²) in [5, 5.41) is 11.5. The second-order valence-corrected chi connectivity index (χ2v) is 3.81. The van der Waals surface area contributed by atoms with Gasteiger partial charge in [0.05, 0.1) is 23.9 Å². The van der Waals surface area contributed by atoms with E-state index in [1.807, 2.05) is 0 Å². The van der Waals surface area contributed by atoms with E-state index in [0.717, 1.165) is 5.56 Å². The van der Waals surface area contributed by atoms with Crippen molar-refractivity contribution in [3.8, 4) is 0 Å². The van der Waals surface area contributed by atoms with Crippen molar-refractivity contribution in [2.75, 3.05) is 5.32 Å². The molecule has 2 N–H and O–H groups in total. The number of carbonyl (C=O) groups excluding carboxylic acids is 1. The Morgan fingerprint density at radius 2 is 1.95 bits per heavy atom. The lowest BCUT2D eigenvalue weighted by Gasteiger charge is -2.07. The third kappa shape index (κ3) is 3.35. The van der Waals surface area contributed by atoms with Crippen LogP contribution in [0.4, 0.5) is 5.69 Å². The normalized spacial score (nSPS) is 9.89. The standard InChI is InChI=1S/C13H11N3O3/c17-12(6-9-2-1-4-14-7-9)16-11-8-15-5-3-10(11)13(18)19/h1-5,7-8H,6H2,(H,16,17)(H,18,19). The number of aromatic nitrogens is 2. The van der Waals surface area contributed by atoms with Crippen molar-refractivity contribution in [3.63, 3.8) is 0 Å². The van der Waals surface area contributed by atoms with E-state index in [1.54, 1.807) is 24.5 Å². The molecule has 0 radical (unpaired) electrons. The first-order valence-corrected chi connectivity index (χ1v) is 5.53. The highest BCUT2D eigenvalue weighted by Crippen LogP contribution is 2.13. The third-order valence-electron chi connectivity index (χ3n) is 2.41. The summed E-state index contributed by atoms with van der Waals surface area (Å²) >= 11 is 0. The Hall–Kier alpha value is -2.76. The quantitative estimate of drug-likeness (QED) is 0.862. The summed E-state index contributed by atoms with van der Waals surface area (Å²) in [6.07, 6.45) is 6.00. The van der Waals surface area contributed by atoms with Gasteiger partial charge in [0.15, 0.2) is 0 Å². The zero-order valence-electron chi connectivity index (χ0n) is 9.91. The molecule has 96 valence electrons. The highest BCUT2D eigenvalue weighted by atomic mass is 16.4. The number of pyridine rings is 2. The van der Waals surface area contributed by atoms with Crippen molar-refractivity contribution in [1.82, 2.24) is 9.97 Å². The van der Waals surface area contributed by atoms with Gasteiger partial charge in [0.2, 0.25) is 5.91 Å². The fourth-order valence-corrected chi connectivity index (χ4v) is 1.56. The lowest BCUT2D eigenvalue weighted by molar-refractivity contribution is -0.115.